The van der Waals surface area contributed by atoms with Crippen molar-refractivity contribution in [2.24, 2.45) is 0 Å². The fourth-order valence-electron chi connectivity index (χ4n) is 4.32. The second kappa shape index (κ2) is 13.6. The fourth-order valence-corrected chi connectivity index (χ4v) is 4.32. The summed E-state index contributed by atoms with van der Waals surface area (Å²) >= 11 is 0. The molecule has 0 fully saturated rings. The number of rotatable bonds is 12. The Kier molecular flexibility index (Phi) is 9.73. The Morgan fingerprint density at radius 1 is 0.951 bits per heavy atom. The minimum atomic E-state index is -1.59. The van der Waals surface area contributed by atoms with Crippen LogP contribution in [-0.2, 0) is 22.5 Å². The summed E-state index contributed by atoms with van der Waals surface area (Å²) in [6.07, 6.45) is -1.44. The fraction of sp³-hybridized carbons (Fsp3) is 0.258. The van der Waals surface area contributed by atoms with E-state index in [1.807, 2.05) is 60.7 Å². The first-order chi connectivity index (χ1) is 19.8. The average molecular weight is 561 g/mol. The van der Waals surface area contributed by atoms with Crippen LogP contribution in [0.5, 0.6) is 11.5 Å². The highest BCUT2D eigenvalue weighted by molar-refractivity contribution is 5.96. The minimum Gasteiger partial charge on any atom is -0.493 e. The SMILES string of the molecule is COCOc1cc2c(=O)c(C)c(C(=O)N[C@@H](Cc3ccccc3)[C@@H](O)C(=O)NCc3ccccc3)oc2cc1OC. The quantitative estimate of drug-likeness (QED) is 0.225. The van der Waals surface area contributed by atoms with Crippen LogP contribution in [0.3, 0.4) is 0 Å². The molecule has 0 unspecified atom stereocenters. The Bertz CT molecular complexity index is 1550. The van der Waals surface area contributed by atoms with E-state index >= 15 is 0 Å². The zero-order valence-electron chi connectivity index (χ0n) is 23.0. The second-order valence-corrected chi connectivity index (χ2v) is 9.35. The van der Waals surface area contributed by atoms with Crippen molar-refractivity contribution in [3.8, 4) is 11.5 Å². The number of aliphatic hydroxyl groups is 1. The van der Waals surface area contributed by atoms with Crippen molar-refractivity contribution < 1.29 is 33.3 Å². The van der Waals surface area contributed by atoms with Gasteiger partial charge in [-0.15, -0.1) is 0 Å². The largest absolute Gasteiger partial charge is 0.493 e. The summed E-state index contributed by atoms with van der Waals surface area (Å²) in [6, 6.07) is 20.3. The molecule has 2 amide bonds. The van der Waals surface area contributed by atoms with E-state index in [1.165, 1.54) is 33.3 Å². The lowest BCUT2D eigenvalue weighted by atomic mass is 10.00. The van der Waals surface area contributed by atoms with Crippen molar-refractivity contribution in [1.82, 2.24) is 10.6 Å². The number of amides is 2. The van der Waals surface area contributed by atoms with Crippen LogP contribution in [0.2, 0.25) is 0 Å². The van der Waals surface area contributed by atoms with E-state index in [1.54, 1.807) is 0 Å². The third-order valence-electron chi connectivity index (χ3n) is 6.52. The van der Waals surface area contributed by atoms with Gasteiger partial charge >= 0.3 is 0 Å². The maximum Gasteiger partial charge on any atom is 0.287 e. The Morgan fingerprint density at radius 3 is 2.24 bits per heavy atom. The first-order valence-electron chi connectivity index (χ1n) is 12.9. The van der Waals surface area contributed by atoms with Crippen LogP contribution in [-0.4, -0.2) is 50.1 Å². The molecule has 0 aliphatic carbocycles. The number of ether oxygens (including phenoxy) is 3. The molecule has 10 heteroatoms. The summed E-state index contributed by atoms with van der Waals surface area (Å²) in [4.78, 5) is 39.6. The smallest absolute Gasteiger partial charge is 0.287 e. The highest BCUT2D eigenvalue weighted by atomic mass is 16.7. The molecule has 3 aromatic carbocycles. The van der Waals surface area contributed by atoms with Gasteiger partial charge in [-0.3, -0.25) is 14.4 Å². The Hall–Kier alpha value is -4.67. The van der Waals surface area contributed by atoms with Gasteiger partial charge in [0.25, 0.3) is 11.8 Å². The maximum absolute atomic E-state index is 13.5. The lowest BCUT2D eigenvalue weighted by Crippen LogP contribution is -2.51. The first-order valence-corrected chi connectivity index (χ1v) is 12.9. The van der Waals surface area contributed by atoms with Gasteiger partial charge in [0.1, 0.15) is 5.58 Å². The third kappa shape index (κ3) is 7.10. The van der Waals surface area contributed by atoms with Crippen molar-refractivity contribution in [1.29, 1.82) is 0 Å². The van der Waals surface area contributed by atoms with Crippen LogP contribution in [0.15, 0.2) is 82.0 Å². The van der Waals surface area contributed by atoms with E-state index in [0.29, 0.717) is 0 Å². The molecule has 0 aliphatic rings. The molecule has 214 valence electrons. The number of hydrogen-bond donors (Lipinski definition) is 3. The van der Waals surface area contributed by atoms with Crippen molar-refractivity contribution in [3.05, 3.63) is 105 Å². The van der Waals surface area contributed by atoms with Gasteiger partial charge in [-0.2, -0.15) is 0 Å². The van der Waals surface area contributed by atoms with Gasteiger partial charge in [-0.1, -0.05) is 60.7 Å². The topological polar surface area (TPSA) is 136 Å². The second-order valence-electron chi connectivity index (χ2n) is 9.35. The van der Waals surface area contributed by atoms with Gasteiger partial charge in [0, 0.05) is 25.3 Å². The van der Waals surface area contributed by atoms with Crippen molar-refractivity contribution in [2.45, 2.75) is 32.0 Å². The number of fused-ring (bicyclic) bond motifs is 1. The number of methoxy groups -OCH3 is 2. The molecule has 0 spiro atoms. The van der Waals surface area contributed by atoms with E-state index in [-0.39, 0.29) is 53.6 Å². The van der Waals surface area contributed by atoms with Gasteiger partial charge in [-0.25, -0.2) is 0 Å². The molecule has 0 bridgehead atoms. The number of benzene rings is 3. The molecule has 10 nitrogen and oxygen atoms in total. The van der Waals surface area contributed by atoms with Gasteiger partial charge < -0.3 is 34.4 Å². The van der Waals surface area contributed by atoms with Gasteiger partial charge in [-0.05, 0) is 30.5 Å². The summed E-state index contributed by atoms with van der Waals surface area (Å²) in [5.74, 6) is -1.10. The summed E-state index contributed by atoms with van der Waals surface area (Å²) in [6.45, 7) is 1.62. The molecular formula is C31H32N2O8. The van der Waals surface area contributed by atoms with Gasteiger partial charge in [0.15, 0.2) is 35.6 Å². The Labute approximate surface area is 236 Å². The summed E-state index contributed by atoms with van der Waals surface area (Å²) in [5, 5.41) is 16.6. The van der Waals surface area contributed by atoms with E-state index < -0.39 is 29.4 Å². The van der Waals surface area contributed by atoms with E-state index in [4.69, 9.17) is 18.6 Å². The highest BCUT2D eigenvalue weighted by Crippen LogP contribution is 2.32. The zero-order chi connectivity index (χ0) is 29.4. The molecule has 0 radical (unpaired) electrons. The van der Waals surface area contributed by atoms with Crippen LogP contribution in [0.25, 0.3) is 11.0 Å². The van der Waals surface area contributed by atoms with Crippen LogP contribution in [0.4, 0.5) is 0 Å². The molecule has 41 heavy (non-hydrogen) atoms. The number of carbonyl (C=O) groups is 2. The van der Waals surface area contributed by atoms with Crippen molar-refractivity contribution in [3.63, 3.8) is 0 Å². The molecular weight excluding hydrogens is 528 g/mol. The first kappa shape index (κ1) is 29.3. The van der Waals surface area contributed by atoms with Crippen LogP contribution < -0.4 is 25.5 Å². The number of nitrogens with one attached hydrogen (secondary N) is 2. The monoisotopic (exact) mass is 560 g/mol. The lowest BCUT2D eigenvalue weighted by molar-refractivity contribution is -0.130. The molecule has 2 atom stereocenters. The van der Waals surface area contributed by atoms with Crippen LogP contribution >= 0.6 is 0 Å². The van der Waals surface area contributed by atoms with Gasteiger partial charge in [0.05, 0.1) is 18.5 Å². The molecule has 3 N–H and O–H groups in total. The Morgan fingerprint density at radius 2 is 1.61 bits per heavy atom. The molecule has 4 aromatic rings. The third-order valence-corrected chi connectivity index (χ3v) is 6.52. The van der Waals surface area contributed by atoms with Crippen LogP contribution in [0.1, 0.15) is 27.2 Å². The summed E-state index contributed by atoms with van der Waals surface area (Å²) in [7, 11) is 2.89. The Balaban J connectivity index is 1.62. The van der Waals surface area contributed by atoms with E-state index in [0.717, 1.165) is 11.1 Å². The molecule has 0 aliphatic heterocycles. The predicted molar refractivity (Wildman–Crippen MR) is 152 cm³/mol. The summed E-state index contributed by atoms with van der Waals surface area (Å²) < 4.78 is 21.6. The van der Waals surface area contributed by atoms with Crippen molar-refractivity contribution >= 4 is 22.8 Å². The number of carbonyl (C=O) groups excluding carboxylic acids is 2. The van der Waals surface area contributed by atoms with E-state index in [2.05, 4.69) is 10.6 Å². The highest BCUT2D eigenvalue weighted by Gasteiger charge is 2.30. The predicted octanol–water partition coefficient (Wildman–Crippen LogP) is 3.11. The molecule has 0 saturated heterocycles. The van der Waals surface area contributed by atoms with Gasteiger partial charge in [0.2, 0.25) is 0 Å². The average Bonchev–Trinajstić information content (AvgIpc) is 3.00. The normalized spacial score (nSPS) is 12.4. The summed E-state index contributed by atoms with van der Waals surface area (Å²) in [5.41, 5.74) is 1.36. The van der Waals surface area contributed by atoms with Crippen molar-refractivity contribution in [2.75, 3.05) is 21.0 Å². The van der Waals surface area contributed by atoms with Crippen LogP contribution in [0, 0.1) is 6.92 Å². The molecule has 1 heterocycles. The standard InChI is InChI=1S/C31H32N2O8/c1-19-27(34)22-15-26(40-18-38-2)25(39-3)16-24(22)41-29(19)31(37)33-23(14-20-10-6-4-7-11-20)28(35)30(36)32-17-21-12-8-5-9-13-21/h4-13,15-16,23,28,35H,14,17-18H2,1-3H3,(H,32,36)(H,33,37)/t23-,28+/m0/s1. The molecule has 0 saturated carbocycles. The molecule has 1 aromatic heterocycles. The number of aliphatic hydroxyl groups excluding tert-OH is 1. The van der Waals surface area contributed by atoms with E-state index in [9.17, 15) is 19.5 Å². The lowest BCUT2D eigenvalue weighted by Gasteiger charge is -2.24. The minimum absolute atomic E-state index is 0.0549. The zero-order valence-corrected chi connectivity index (χ0v) is 23.0. The molecule has 4 rings (SSSR count). The number of hydrogen-bond acceptors (Lipinski definition) is 8. The maximum atomic E-state index is 13.5.